The summed E-state index contributed by atoms with van der Waals surface area (Å²) in [5.41, 5.74) is 0.206. The SMILES string of the molecule is CCC(C)(O)CNCc1ccc(C(=O)O)cn1. The summed E-state index contributed by atoms with van der Waals surface area (Å²) in [6, 6.07) is 3.18. The average Bonchev–Trinajstić information content (AvgIpc) is 2.29. The Bertz CT molecular complexity index is 374. The molecule has 0 fully saturated rings. The third kappa shape index (κ3) is 4.50. The predicted molar refractivity (Wildman–Crippen MR) is 63.8 cm³/mol. The number of nitrogens with one attached hydrogen (secondary N) is 1. The number of hydrogen-bond donors (Lipinski definition) is 3. The number of carbonyl (C=O) groups is 1. The Morgan fingerprint density at radius 3 is 2.71 bits per heavy atom. The first-order chi connectivity index (χ1) is 7.94. The number of aromatic nitrogens is 1. The molecule has 17 heavy (non-hydrogen) atoms. The molecule has 0 bridgehead atoms. The van der Waals surface area contributed by atoms with E-state index in [1.165, 1.54) is 12.3 Å². The zero-order valence-electron chi connectivity index (χ0n) is 10.1. The van der Waals surface area contributed by atoms with Gasteiger partial charge in [-0.25, -0.2) is 4.79 Å². The summed E-state index contributed by atoms with van der Waals surface area (Å²) in [7, 11) is 0. The molecule has 1 rings (SSSR count). The Kier molecular flexibility index (Phi) is 4.60. The highest BCUT2D eigenvalue weighted by molar-refractivity contribution is 5.87. The smallest absolute Gasteiger partial charge is 0.337 e. The number of carboxylic acid groups (broad SMARTS) is 1. The van der Waals surface area contributed by atoms with E-state index in [9.17, 15) is 9.90 Å². The zero-order chi connectivity index (χ0) is 12.9. The first-order valence-corrected chi connectivity index (χ1v) is 5.56. The van der Waals surface area contributed by atoms with Crippen LogP contribution in [0, 0.1) is 0 Å². The lowest BCUT2D eigenvalue weighted by Crippen LogP contribution is -2.36. The van der Waals surface area contributed by atoms with E-state index in [-0.39, 0.29) is 5.56 Å². The van der Waals surface area contributed by atoms with Crippen molar-refractivity contribution in [3.05, 3.63) is 29.6 Å². The van der Waals surface area contributed by atoms with Gasteiger partial charge in [-0.2, -0.15) is 0 Å². The molecule has 1 heterocycles. The molecule has 0 aliphatic rings. The quantitative estimate of drug-likeness (QED) is 0.689. The van der Waals surface area contributed by atoms with Crippen molar-refractivity contribution in [1.29, 1.82) is 0 Å². The van der Waals surface area contributed by atoms with E-state index in [0.29, 0.717) is 19.5 Å². The van der Waals surface area contributed by atoms with E-state index in [2.05, 4.69) is 10.3 Å². The van der Waals surface area contributed by atoms with Crippen LogP contribution in [-0.4, -0.2) is 33.3 Å². The summed E-state index contributed by atoms with van der Waals surface area (Å²) in [5, 5.41) is 21.5. The number of pyridine rings is 1. The molecule has 0 aliphatic carbocycles. The van der Waals surface area contributed by atoms with Crippen LogP contribution in [0.2, 0.25) is 0 Å². The van der Waals surface area contributed by atoms with Crippen molar-refractivity contribution in [1.82, 2.24) is 10.3 Å². The highest BCUT2D eigenvalue weighted by Crippen LogP contribution is 2.06. The topological polar surface area (TPSA) is 82.5 Å². The van der Waals surface area contributed by atoms with Gasteiger partial charge in [0.15, 0.2) is 0 Å². The van der Waals surface area contributed by atoms with Crippen molar-refractivity contribution in [3.8, 4) is 0 Å². The Morgan fingerprint density at radius 1 is 1.53 bits per heavy atom. The second kappa shape index (κ2) is 5.75. The molecular weight excluding hydrogens is 220 g/mol. The Hall–Kier alpha value is -1.46. The molecule has 0 aromatic carbocycles. The van der Waals surface area contributed by atoms with E-state index in [1.807, 2.05) is 6.92 Å². The van der Waals surface area contributed by atoms with Gasteiger partial charge in [0.1, 0.15) is 0 Å². The number of aliphatic hydroxyl groups is 1. The third-order valence-corrected chi connectivity index (χ3v) is 2.65. The number of nitrogens with zero attached hydrogens (tertiary/aromatic N) is 1. The lowest BCUT2D eigenvalue weighted by molar-refractivity contribution is 0.0555. The number of carboxylic acids is 1. The van der Waals surface area contributed by atoms with Crippen LogP contribution in [0.5, 0.6) is 0 Å². The van der Waals surface area contributed by atoms with Gasteiger partial charge in [0.05, 0.1) is 16.9 Å². The van der Waals surface area contributed by atoms with Gasteiger partial charge in [-0.1, -0.05) is 6.92 Å². The van der Waals surface area contributed by atoms with Gasteiger partial charge >= 0.3 is 5.97 Å². The minimum atomic E-state index is -0.981. The van der Waals surface area contributed by atoms with Crippen LogP contribution in [0.1, 0.15) is 36.3 Å². The van der Waals surface area contributed by atoms with E-state index >= 15 is 0 Å². The summed E-state index contributed by atoms with van der Waals surface area (Å²) in [5.74, 6) is -0.981. The van der Waals surface area contributed by atoms with Crippen molar-refractivity contribution < 1.29 is 15.0 Å². The Balaban J connectivity index is 2.45. The fourth-order valence-electron chi connectivity index (χ4n) is 1.24. The van der Waals surface area contributed by atoms with E-state index in [0.717, 1.165) is 5.69 Å². The number of hydrogen-bond acceptors (Lipinski definition) is 4. The van der Waals surface area contributed by atoms with Crippen molar-refractivity contribution in [2.75, 3.05) is 6.54 Å². The molecule has 94 valence electrons. The molecule has 3 N–H and O–H groups in total. The van der Waals surface area contributed by atoms with Gasteiger partial charge in [0.2, 0.25) is 0 Å². The molecule has 0 spiro atoms. The second-order valence-corrected chi connectivity index (χ2v) is 4.30. The second-order valence-electron chi connectivity index (χ2n) is 4.30. The van der Waals surface area contributed by atoms with Gasteiger partial charge in [-0.3, -0.25) is 4.98 Å². The van der Waals surface area contributed by atoms with Crippen LogP contribution in [0.15, 0.2) is 18.3 Å². The average molecular weight is 238 g/mol. The molecule has 1 atom stereocenters. The lowest BCUT2D eigenvalue weighted by atomic mass is 10.0. The maximum Gasteiger partial charge on any atom is 0.337 e. The van der Waals surface area contributed by atoms with Crippen LogP contribution in [0.25, 0.3) is 0 Å². The zero-order valence-corrected chi connectivity index (χ0v) is 10.1. The molecule has 5 heteroatoms. The molecular formula is C12H18N2O3. The van der Waals surface area contributed by atoms with Crippen molar-refractivity contribution in [2.24, 2.45) is 0 Å². The monoisotopic (exact) mass is 238 g/mol. The van der Waals surface area contributed by atoms with E-state index in [1.54, 1.807) is 13.0 Å². The standard InChI is InChI=1S/C12H18N2O3/c1-3-12(2,17)8-13-7-10-5-4-9(6-14-10)11(15)16/h4-6,13,17H,3,7-8H2,1-2H3,(H,15,16). The van der Waals surface area contributed by atoms with Gasteiger partial charge in [0.25, 0.3) is 0 Å². The fourth-order valence-corrected chi connectivity index (χ4v) is 1.24. The van der Waals surface area contributed by atoms with Crippen LogP contribution >= 0.6 is 0 Å². The van der Waals surface area contributed by atoms with E-state index in [4.69, 9.17) is 5.11 Å². The maximum atomic E-state index is 10.6. The van der Waals surface area contributed by atoms with Crippen LogP contribution < -0.4 is 5.32 Å². The molecule has 1 unspecified atom stereocenters. The van der Waals surface area contributed by atoms with Crippen molar-refractivity contribution in [3.63, 3.8) is 0 Å². The van der Waals surface area contributed by atoms with Gasteiger partial charge in [-0.15, -0.1) is 0 Å². The van der Waals surface area contributed by atoms with Crippen LogP contribution in [-0.2, 0) is 6.54 Å². The number of aromatic carboxylic acids is 1. The summed E-state index contributed by atoms with van der Waals surface area (Å²) >= 11 is 0. The first kappa shape index (κ1) is 13.6. The molecule has 0 radical (unpaired) electrons. The van der Waals surface area contributed by atoms with E-state index < -0.39 is 11.6 Å². The Labute approximate surface area is 101 Å². The lowest BCUT2D eigenvalue weighted by Gasteiger charge is -2.21. The summed E-state index contributed by atoms with van der Waals surface area (Å²) in [6.45, 7) is 4.67. The molecule has 0 amide bonds. The Morgan fingerprint density at radius 2 is 2.24 bits per heavy atom. The predicted octanol–water partition coefficient (Wildman–Crippen LogP) is 1.03. The van der Waals surface area contributed by atoms with Gasteiger partial charge in [0, 0.05) is 19.3 Å². The van der Waals surface area contributed by atoms with Crippen LogP contribution in [0.3, 0.4) is 0 Å². The third-order valence-electron chi connectivity index (χ3n) is 2.65. The van der Waals surface area contributed by atoms with Gasteiger partial charge < -0.3 is 15.5 Å². The molecule has 0 aliphatic heterocycles. The molecule has 1 aromatic rings. The summed E-state index contributed by atoms with van der Waals surface area (Å²) in [6.07, 6.45) is 2.00. The molecule has 1 aromatic heterocycles. The summed E-state index contributed by atoms with van der Waals surface area (Å²) < 4.78 is 0. The largest absolute Gasteiger partial charge is 0.478 e. The van der Waals surface area contributed by atoms with Crippen molar-refractivity contribution in [2.45, 2.75) is 32.4 Å². The fraction of sp³-hybridized carbons (Fsp3) is 0.500. The van der Waals surface area contributed by atoms with Crippen LogP contribution in [0.4, 0.5) is 0 Å². The molecule has 5 nitrogen and oxygen atoms in total. The number of rotatable bonds is 6. The maximum absolute atomic E-state index is 10.6. The first-order valence-electron chi connectivity index (χ1n) is 5.56. The minimum absolute atomic E-state index is 0.175. The normalized spacial score (nSPS) is 14.3. The minimum Gasteiger partial charge on any atom is -0.478 e. The molecule has 0 saturated carbocycles. The summed E-state index contributed by atoms with van der Waals surface area (Å²) in [4.78, 5) is 14.6. The van der Waals surface area contributed by atoms with Gasteiger partial charge in [-0.05, 0) is 25.5 Å². The highest BCUT2D eigenvalue weighted by Gasteiger charge is 2.16. The van der Waals surface area contributed by atoms with Crippen molar-refractivity contribution >= 4 is 5.97 Å². The molecule has 0 saturated heterocycles. The highest BCUT2D eigenvalue weighted by atomic mass is 16.4.